The van der Waals surface area contributed by atoms with E-state index in [0.717, 1.165) is 0 Å². The topological polar surface area (TPSA) is 95.9 Å². The summed E-state index contributed by atoms with van der Waals surface area (Å²) in [4.78, 5) is 22.9. The first-order valence-corrected chi connectivity index (χ1v) is 5.77. The van der Waals surface area contributed by atoms with Crippen LogP contribution in [0.25, 0.3) is 0 Å². The molecule has 104 valence electrons. The number of carbonyl (C=O) groups excluding carboxylic acids is 1. The van der Waals surface area contributed by atoms with Crippen molar-refractivity contribution in [1.82, 2.24) is 5.32 Å². The average Bonchev–Trinajstić information content (AvgIpc) is 2.34. The number of ether oxygens (including phenoxy) is 1. The average molecular weight is 267 g/mol. The molecule has 0 bridgehead atoms. The molecular weight excluding hydrogens is 250 g/mol. The normalized spacial score (nSPS) is 12.0. The van der Waals surface area contributed by atoms with Crippen molar-refractivity contribution < 1.29 is 24.5 Å². The van der Waals surface area contributed by atoms with Gasteiger partial charge in [0.1, 0.15) is 6.04 Å². The van der Waals surface area contributed by atoms with Gasteiger partial charge < -0.3 is 20.3 Å². The fourth-order valence-electron chi connectivity index (χ4n) is 1.57. The van der Waals surface area contributed by atoms with Gasteiger partial charge in [-0.3, -0.25) is 4.79 Å². The Balaban J connectivity index is 2.89. The molecule has 1 atom stereocenters. The second kappa shape index (κ2) is 6.08. The van der Waals surface area contributed by atoms with Crippen molar-refractivity contribution in [3.63, 3.8) is 0 Å². The molecular formula is C13H17NO5. The van der Waals surface area contributed by atoms with E-state index in [0.29, 0.717) is 0 Å². The molecule has 0 aliphatic rings. The maximum Gasteiger partial charge on any atom is 0.326 e. The van der Waals surface area contributed by atoms with Gasteiger partial charge in [0.25, 0.3) is 5.91 Å². The summed E-state index contributed by atoms with van der Waals surface area (Å²) in [7, 11) is 1.40. The van der Waals surface area contributed by atoms with Gasteiger partial charge in [0.15, 0.2) is 11.5 Å². The molecule has 1 amide bonds. The minimum atomic E-state index is -1.10. The standard InChI is InChI=1S/C13H17NO5/c1-7(2)11(13(17)18)14-12(16)8-4-5-10(19-3)9(15)6-8/h4-7,11,15H,1-3H3,(H,14,16)(H,17,18)/t11-/m0/s1. The second-order valence-corrected chi connectivity index (χ2v) is 4.42. The molecule has 0 aliphatic heterocycles. The number of methoxy groups -OCH3 is 1. The zero-order valence-corrected chi connectivity index (χ0v) is 11.0. The largest absolute Gasteiger partial charge is 0.504 e. The number of hydrogen-bond donors (Lipinski definition) is 3. The van der Waals surface area contributed by atoms with Crippen LogP contribution in [0.5, 0.6) is 11.5 Å². The first-order chi connectivity index (χ1) is 8.86. The first-order valence-electron chi connectivity index (χ1n) is 5.77. The first kappa shape index (κ1) is 14.8. The molecule has 1 rings (SSSR count). The molecule has 0 unspecified atom stereocenters. The van der Waals surface area contributed by atoms with Crippen molar-refractivity contribution in [3.05, 3.63) is 23.8 Å². The number of carboxylic acids is 1. The number of rotatable bonds is 5. The Hall–Kier alpha value is -2.24. The zero-order chi connectivity index (χ0) is 14.6. The highest BCUT2D eigenvalue weighted by Crippen LogP contribution is 2.26. The van der Waals surface area contributed by atoms with Crippen LogP contribution in [0.3, 0.4) is 0 Å². The van der Waals surface area contributed by atoms with Gasteiger partial charge in [0.05, 0.1) is 7.11 Å². The molecule has 0 radical (unpaired) electrons. The van der Waals surface area contributed by atoms with Crippen LogP contribution in [0.1, 0.15) is 24.2 Å². The summed E-state index contributed by atoms with van der Waals surface area (Å²) >= 11 is 0. The van der Waals surface area contributed by atoms with E-state index >= 15 is 0 Å². The van der Waals surface area contributed by atoms with E-state index in [1.807, 2.05) is 0 Å². The van der Waals surface area contributed by atoms with Gasteiger partial charge in [-0.25, -0.2) is 4.79 Å². The van der Waals surface area contributed by atoms with E-state index < -0.39 is 17.9 Å². The van der Waals surface area contributed by atoms with Crippen LogP contribution < -0.4 is 10.1 Å². The number of phenolic OH excluding ortho intramolecular Hbond substituents is 1. The van der Waals surface area contributed by atoms with Gasteiger partial charge in [-0.1, -0.05) is 13.8 Å². The van der Waals surface area contributed by atoms with Crippen molar-refractivity contribution in [2.24, 2.45) is 5.92 Å². The Kier molecular flexibility index (Phi) is 4.74. The van der Waals surface area contributed by atoms with Crippen molar-refractivity contribution in [2.45, 2.75) is 19.9 Å². The van der Waals surface area contributed by atoms with Gasteiger partial charge in [-0.15, -0.1) is 0 Å². The summed E-state index contributed by atoms with van der Waals surface area (Å²) < 4.78 is 4.86. The number of hydrogen-bond acceptors (Lipinski definition) is 4. The van der Waals surface area contributed by atoms with Crippen LogP contribution in [-0.2, 0) is 4.79 Å². The van der Waals surface area contributed by atoms with Crippen molar-refractivity contribution in [1.29, 1.82) is 0 Å². The lowest BCUT2D eigenvalue weighted by Gasteiger charge is -2.18. The van der Waals surface area contributed by atoms with Crippen molar-refractivity contribution in [3.8, 4) is 11.5 Å². The zero-order valence-electron chi connectivity index (χ0n) is 11.0. The molecule has 0 saturated carbocycles. The van der Waals surface area contributed by atoms with Crippen molar-refractivity contribution >= 4 is 11.9 Å². The van der Waals surface area contributed by atoms with E-state index in [2.05, 4.69) is 5.32 Å². The number of aliphatic carboxylic acids is 1. The second-order valence-electron chi connectivity index (χ2n) is 4.42. The quantitative estimate of drug-likeness (QED) is 0.746. The van der Waals surface area contributed by atoms with Gasteiger partial charge in [-0.2, -0.15) is 0 Å². The SMILES string of the molecule is COc1ccc(C(=O)N[C@H](C(=O)O)C(C)C)cc1O. The highest BCUT2D eigenvalue weighted by molar-refractivity contribution is 5.97. The predicted molar refractivity (Wildman–Crippen MR) is 68.4 cm³/mol. The monoisotopic (exact) mass is 267 g/mol. The minimum Gasteiger partial charge on any atom is -0.504 e. The minimum absolute atomic E-state index is 0.171. The third kappa shape index (κ3) is 3.61. The van der Waals surface area contributed by atoms with E-state index in [9.17, 15) is 14.7 Å². The Morgan fingerprint density at radius 2 is 1.95 bits per heavy atom. The maximum atomic E-state index is 11.9. The number of carbonyl (C=O) groups is 2. The summed E-state index contributed by atoms with van der Waals surface area (Å²) in [5, 5.41) is 21.0. The molecule has 3 N–H and O–H groups in total. The molecule has 0 fully saturated rings. The maximum absolute atomic E-state index is 11.9. The molecule has 0 heterocycles. The molecule has 1 aromatic carbocycles. The van der Waals surface area contributed by atoms with Gasteiger partial charge >= 0.3 is 5.97 Å². The Bertz CT molecular complexity index is 484. The molecule has 19 heavy (non-hydrogen) atoms. The summed E-state index contributed by atoms with van der Waals surface area (Å²) in [6.45, 7) is 3.40. The number of benzene rings is 1. The smallest absolute Gasteiger partial charge is 0.326 e. The third-order valence-electron chi connectivity index (χ3n) is 2.66. The van der Waals surface area contributed by atoms with E-state index in [4.69, 9.17) is 9.84 Å². The number of phenols is 1. The van der Waals surface area contributed by atoms with Crippen LogP contribution in [-0.4, -0.2) is 35.2 Å². The molecule has 6 nitrogen and oxygen atoms in total. The molecule has 0 aliphatic carbocycles. The summed E-state index contributed by atoms with van der Waals surface area (Å²) in [5.41, 5.74) is 0.171. The fraction of sp³-hybridized carbons (Fsp3) is 0.385. The summed E-state index contributed by atoms with van der Waals surface area (Å²) in [5.74, 6) is -1.82. The fourth-order valence-corrected chi connectivity index (χ4v) is 1.57. The molecule has 6 heteroatoms. The summed E-state index contributed by atoms with van der Waals surface area (Å²) in [6, 6.07) is 3.15. The highest BCUT2D eigenvalue weighted by atomic mass is 16.5. The van der Waals surface area contributed by atoms with Gasteiger partial charge in [0.2, 0.25) is 0 Å². The van der Waals surface area contributed by atoms with Crippen LogP contribution in [0.4, 0.5) is 0 Å². The van der Waals surface area contributed by atoms with Crippen LogP contribution in [0, 0.1) is 5.92 Å². The molecule has 0 spiro atoms. The Labute approximate surface area is 111 Å². The predicted octanol–water partition coefficient (Wildman–Crippen LogP) is 1.24. The molecule has 1 aromatic rings. The summed E-state index contributed by atoms with van der Waals surface area (Å²) in [6.07, 6.45) is 0. The Morgan fingerprint density at radius 3 is 2.37 bits per heavy atom. The molecule has 0 saturated heterocycles. The highest BCUT2D eigenvalue weighted by Gasteiger charge is 2.24. The van der Waals surface area contributed by atoms with Crippen molar-refractivity contribution in [2.75, 3.05) is 7.11 Å². The Morgan fingerprint density at radius 1 is 1.32 bits per heavy atom. The van der Waals surface area contributed by atoms with Crippen LogP contribution >= 0.6 is 0 Å². The lowest BCUT2D eigenvalue weighted by molar-refractivity contribution is -0.140. The lowest BCUT2D eigenvalue weighted by atomic mass is 10.0. The molecule has 0 aromatic heterocycles. The number of aromatic hydroxyl groups is 1. The number of nitrogens with one attached hydrogen (secondary N) is 1. The van der Waals surface area contributed by atoms with E-state index in [1.165, 1.54) is 25.3 Å². The number of carboxylic acid groups (broad SMARTS) is 1. The lowest BCUT2D eigenvalue weighted by Crippen LogP contribution is -2.44. The van der Waals surface area contributed by atoms with Crippen LogP contribution in [0.15, 0.2) is 18.2 Å². The van der Waals surface area contributed by atoms with E-state index in [1.54, 1.807) is 13.8 Å². The number of amides is 1. The van der Waals surface area contributed by atoms with Crippen LogP contribution in [0.2, 0.25) is 0 Å². The van der Waals surface area contributed by atoms with E-state index in [-0.39, 0.29) is 23.0 Å². The van der Waals surface area contributed by atoms with Gasteiger partial charge in [-0.05, 0) is 24.1 Å². The van der Waals surface area contributed by atoms with Gasteiger partial charge in [0, 0.05) is 5.56 Å². The third-order valence-corrected chi connectivity index (χ3v) is 2.66.